The Morgan fingerprint density at radius 2 is 2.07 bits per heavy atom. The summed E-state index contributed by atoms with van der Waals surface area (Å²) < 4.78 is 0. The second-order valence-electron chi connectivity index (χ2n) is 3.67. The molecule has 0 unspecified atom stereocenters. The van der Waals surface area contributed by atoms with Gasteiger partial charge in [0.15, 0.2) is 5.78 Å². The highest BCUT2D eigenvalue weighted by Crippen LogP contribution is 2.06. The SMILES string of the molecule is C=C/C(=C\N=C/C)N[C@H](C(C)=O)C(C)C. The molecule has 1 atom stereocenters. The Balaban J connectivity index is 4.63. The highest BCUT2D eigenvalue weighted by atomic mass is 16.1. The molecular formula is C12H20N2O. The van der Waals surface area contributed by atoms with Crippen LogP contribution in [0.1, 0.15) is 27.7 Å². The summed E-state index contributed by atoms with van der Waals surface area (Å²) in [5.41, 5.74) is 0.766. The molecule has 0 heterocycles. The zero-order valence-corrected chi connectivity index (χ0v) is 9.95. The van der Waals surface area contributed by atoms with E-state index in [0.29, 0.717) is 0 Å². The van der Waals surface area contributed by atoms with Gasteiger partial charge in [0.25, 0.3) is 0 Å². The number of carbonyl (C=O) groups is 1. The highest BCUT2D eigenvalue weighted by Gasteiger charge is 2.17. The van der Waals surface area contributed by atoms with Crippen LogP contribution in [0.5, 0.6) is 0 Å². The molecule has 0 saturated heterocycles. The van der Waals surface area contributed by atoms with Crippen LogP contribution in [-0.2, 0) is 4.79 Å². The minimum Gasteiger partial charge on any atom is -0.374 e. The summed E-state index contributed by atoms with van der Waals surface area (Å²) in [4.78, 5) is 15.3. The first-order chi connectivity index (χ1) is 7.02. The fourth-order valence-electron chi connectivity index (χ4n) is 1.22. The molecule has 0 radical (unpaired) electrons. The summed E-state index contributed by atoms with van der Waals surface area (Å²) in [5, 5.41) is 3.12. The number of hydrogen-bond donors (Lipinski definition) is 1. The van der Waals surface area contributed by atoms with Crippen molar-refractivity contribution in [2.24, 2.45) is 10.9 Å². The average Bonchev–Trinajstić information content (AvgIpc) is 2.17. The van der Waals surface area contributed by atoms with Gasteiger partial charge in [0, 0.05) is 12.4 Å². The van der Waals surface area contributed by atoms with Crippen molar-refractivity contribution in [2.75, 3.05) is 0 Å². The van der Waals surface area contributed by atoms with Crippen LogP contribution in [0, 0.1) is 5.92 Å². The molecule has 0 saturated carbocycles. The van der Waals surface area contributed by atoms with E-state index in [-0.39, 0.29) is 17.7 Å². The third kappa shape index (κ3) is 5.15. The minimum absolute atomic E-state index is 0.123. The second-order valence-corrected chi connectivity index (χ2v) is 3.67. The van der Waals surface area contributed by atoms with Crippen LogP contribution < -0.4 is 5.32 Å². The maximum Gasteiger partial charge on any atom is 0.152 e. The Morgan fingerprint density at radius 3 is 2.40 bits per heavy atom. The van der Waals surface area contributed by atoms with Crippen molar-refractivity contribution in [3.8, 4) is 0 Å². The van der Waals surface area contributed by atoms with Crippen molar-refractivity contribution in [3.05, 3.63) is 24.6 Å². The van der Waals surface area contributed by atoms with Gasteiger partial charge in [0.2, 0.25) is 0 Å². The third-order valence-electron chi connectivity index (χ3n) is 2.01. The summed E-state index contributed by atoms with van der Waals surface area (Å²) >= 11 is 0. The number of hydrogen-bond acceptors (Lipinski definition) is 3. The molecule has 0 fully saturated rings. The van der Waals surface area contributed by atoms with Crippen LogP contribution in [0.3, 0.4) is 0 Å². The molecule has 0 amide bonds. The summed E-state index contributed by atoms with van der Waals surface area (Å²) in [6, 6.07) is -0.179. The van der Waals surface area contributed by atoms with Crippen molar-refractivity contribution in [1.82, 2.24) is 5.32 Å². The van der Waals surface area contributed by atoms with Gasteiger partial charge in [0.05, 0.1) is 11.7 Å². The van der Waals surface area contributed by atoms with Crippen molar-refractivity contribution in [3.63, 3.8) is 0 Å². The van der Waals surface area contributed by atoms with Gasteiger partial charge in [-0.15, -0.1) is 0 Å². The molecule has 0 aliphatic rings. The number of ketones is 1. The van der Waals surface area contributed by atoms with Crippen LogP contribution in [0.15, 0.2) is 29.5 Å². The molecule has 3 heteroatoms. The number of nitrogens with zero attached hydrogens (tertiary/aromatic N) is 1. The van der Waals surface area contributed by atoms with Crippen LogP contribution in [-0.4, -0.2) is 18.0 Å². The standard InChI is InChI=1S/C12H20N2O/c1-6-11(8-13-7-2)14-12(9(3)4)10(5)15/h6-9,12,14H,1H2,2-5H3/b11-8+,13-7-/t12-/m0/s1. The van der Waals surface area contributed by atoms with Gasteiger partial charge in [-0.3, -0.25) is 9.79 Å². The van der Waals surface area contributed by atoms with E-state index in [4.69, 9.17) is 0 Å². The fraction of sp³-hybridized carbons (Fsp3) is 0.500. The second kappa shape index (κ2) is 6.98. The Labute approximate surface area is 92.0 Å². The average molecular weight is 208 g/mol. The number of Topliss-reactive ketones (excluding diaryl/α,β-unsaturated/α-hetero) is 1. The molecule has 0 rings (SSSR count). The monoisotopic (exact) mass is 208 g/mol. The molecule has 1 N–H and O–H groups in total. The third-order valence-corrected chi connectivity index (χ3v) is 2.01. The fourth-order valence-corrected chi connectivity index (χ4v) is 1.22. The van der Waals surface area contributed by atoms with Gasteiger partial charge in [-0.2, -0.15) is 0 Å². The molecule has 3 nitrogen and oxygen atoms in total. The molecule has 0 aromatic carbocycles. The van der Waals surface area contributed by atoms with Gasteiger partial charge < -0.3 is 5.32 Å². The summed E-state index contributed by atoms with van der Waals surface area (Å²) in [6.45, 7) is 11.1. The minimum atomic E-state index is -0.179. The zero-order chi connectivity index (χ0) is 11.8. The maximum atomic E-state index is 11.3. The lowest BCUT2D eigenvalue weighted by Gasteiger charge is -2.20. The summed E-state index contributed by atoms with van der Waals surface area (Å²) in [6.07, 6.45) is 5.00. The molecular weight excluding hydrogens is 188 g/mol. The molecule has 0 aromatic rings. The molecule has 0 aliphatic heterocycles. The van der Waals surface area contributed by atoms with Crippen molar-refractivity contribution >= 4 is 12.0 Å². The molecule has 84 valence electrons. The van der Waals surface area contributed by atoms with Gasteiger partial charge in [-0.25, -0.2) is 0 Å². The zero-order valence-electron chi connectivity index (χ0n) is 9.95. The predicted molar refractivity (Wildman–Crippen MR) is 64.9 cm³/mol. The van der Waals surface area contributed by atoms with E-state index in [2.05, 4.69) is 16.9 Å². The Morgan fingerprint density at radius 1 is 1.47 bits per heavy atom. The lowest BCUT2D eigenvalue weighted by Crippen LogP contribution is -2.38. The van der Waals surface area contributed by atoms with Crippen LogP contribution in [0.2, 0.25) is 0 Å². The van der Waals surface area contributed by atoms with E-state index in [1.165, 1.54) is 0 Å². The van der Waals surface area contributed by atoms with Crippen LogP contribution in [0.25, 0.3) is 0 Å². The van der Waals surface area contributed by atoms with Crippen molar-refractivity contribution < 1.29 is 4.79 Å². The number of rotatable bonds is 6. The van der Waals surface area contributed by atoms with Gasteiger partial charge >= 0.3 is 0 Å². The topological polar surface area (TPSA) is 41.5 Å². The van der Waals surface area contributed by atoms with Gasteiger partial charge in [-0.1, -0.05) is 20.4 Å². The number of aliphatic imine (C=N–C) groups is 1. The molecule has 0 bridgehead atoms. The molecule has 0 spiro atoms. The largest absolute Gasteiger partial charge is 0.374 e. The van der Waals surface area contributed by atoms with E-state index < -0.39 is 0 Å². The summed E-state index contributed by atoms with van der Waals surface area (Å²) in [5.74, 6) is 0.370. The number of nitrogens with one attached hydrogen (secondary N) is 1. The first-order valence-corrected chi connectivity index (χ1v) is 5.10. The van der Waals surface area contributed by atoms with Crippen molar-refractivity contribution in [2.45, 2.75) is 33.7 Å². The lowest BCUT2D eigenvalue weighted by atomic mass is 10.0. The van der Waals surface area contributed by atoms with Crippen LogP contribution in [0.4, 0.5) is 0 Å². The highest BCUT2D eigenvalue weighted by molar-refractivity contribution is 5.82. The Hall–Kier alpha value is -1.38. The lowest BCUT2D eigenvalue weighted by molar-refractivity contribution is -0.119. The Bertz CT molecular complexity index is 277. The van der Waals surface area contributed by atoms with E-state index in [0.717, 1.165) is 5.70 Å². The predicted octanol–water partition coefficient (Wildman–Crippen LogP) is 2.31. The van der Waals surface area contributed by atoms with Crippen molar-refractivity contribution in [1.29, 1.82) is 0 Å². The maximum absolute atomic E-state index is 11.3. The van der Waals surface area contributed by atoms with Crippen LogP contribution >= 0.6 is 0 Å². The molecule has 0 aromatic heterocycles. The van der Waals surface area contributed by atoms with E-state index in [1.54, 1.807) is 25.4 Å². The smallest absolute Gasteiger partial charge is 0.152 e. The first kappa shape index (κ1) is 13.6. The quantitative estimate of drug-likeness (QED) is 0.537. The van der Waals surface area contributed by atoms with E-state index >= 15 is 0 Å². The summed E-state index contributed by atoms with van der Waals surface area (Å²) in [7, 11) is 0. The van der Waals surface area contributed by atoms with E-state index in [1.807, 2.05) is 20.8 Å². The van der Waals surface area contributed by atoms with Gasteiger partial charge in [0.1, 0.15) is 0 Å². The van der Waals surface area contributed by atoms with E-state index in [9.17, 15) is 4.79 Å². The number of allylic oxidation sites excluding steroid dienone is 1. The van der Waals surface area contributed by atoms with Gasteiger partial charge in [-0.05, 0) is 25.8 Å². The molecule has 0 aliphatic carbocycles. The number of carbonyl (C=O) groups excluding carboxylic acids is 1. The Kier molecular flexibility index (Phi) is 6.34. The normalized spacial score (nSPS) is 14.3. The molecule has 15 heavy (non-hydrogen) atoms. The first-order valence-electron chi connectivity index (χ1n) is 5.10.